The third-order valence-corrected chi connectivity index (χ3v) is 5.09. The summed E-state index contributed by atoms with van der Waals surface area (Å²) in [4.78, 5) is 14.8. The molecule has 3 rings (SSSR count). The predicted molar refractivity (Wildman–Crippen MR) is 99.5 cm³/mol. The lowest BCUT2D eigenvalue weighted by Crippen LogP contribution is -2.44. The van der Waals surface area contributed by atoms with Crippen LogP contribution in [0.2, 0.25) is 0 Å². The standard InChI is InChI=1S/C20H27F3N2O3/c1-27-10-3-11-28-18-12-16(7-8-17(18)20(21,22)23)25(15-5-6-15)19(26)14-4-2-9-24-13-14/h7-8,12,14-15,24H,2-6,9-11,13H2,1H3/t14-/m1/s1. The van der Waals surface area contributed by atoms with Crippen molar-refractivity contribution in [1.82, 2.24) is 5.32 Å². The van der Waals surface area contributed by atoms with Crippen LogP contribution in [0.5, 0.6) is 5.75 Å². The van der Waals surface area contributed by atoms with Crippen molar-refractivity contribution >= 4 is 11.6 Å². The number of nitrogens with one attached hydrogen (secondary N) is 1. The number of hydrogen-bond acceptors (Lipinski definition) is 4. The highest BCUT2D eigenvalue weighted by Gasteiger charge is 2.39. The van der Waals surface area contributed by atoms with Crippen LogP contribution in [-0.2, 0) is 15.7 Å². The Balaban J connectivity index is 1.84. The van der Waals surface area contributed by atoms with E-state index in [0.29, 0.717) is 25.3 Å². The fourth-order valence-electron chi connectivity index (χ4n) is 3.51. The van der Waals surface area contributed by atoms with E-state index >= 15 is 0 Å². The van der Waals surface area contributed by atoms with Gasteiger partial charge in [0.05, 0.1) is 18.1 Å². The van der Waals surface area contributed by atoms with Crippen molar-refractivity contribution in [3.05, 3.63) is 23.8 Å². The molecule has 1 aromatic carbocycles. The smallest absolute Gasteiger partial charge is 0.419 e. The van der Waals surface area contributed by atoms with Crippen molar-refractivity contribution in [1.29, 1.82) is 0 Å². The number of ether oxygens (including phenoxy) is 2. The fourth-order valence-corrected chi connectivity index (χ4v) is 3.51. The van der Waals surface area contributed by atoms with E-state index in [2.05, 4.69) is 5.32 Å². The number of amides is 1. The van der Waals surface area contributed by atoms with Crippen LogP contribution in [0, 0.1) is 5.92 Å². The Labute approximate surface area is 163 Å². The number of halogens is 3. The van der Waals surface area contributed by atoms with E-state index in [1.165, 1.54) is 19.2 Å². The molecule has 1 atom stereocenters. The van der Waals surface area contributed by atoms with E-state index < -0.39 is 11.7 Å². The molecule has 0 radical (unpaired) electrons. The lowest BCUT2D eigenvalue weighted by Gasteiger charge is -2.30. The molecule has 0 unspecified atom stereocenters. The number of carbonyl (C=O) groups excluding carboxylic acids is 1. The fraction of sp³-hybridized carbons (Fsp3) is 0.650. The zero-order valence-electron chi connectivity index (χ0n) is 16.1. The first-order valence-corrected chi connectivity index (χ1v) is 9.78. The van der Waals surface area contributed by atoms with Crippen LogP contribution in [0.15, 0.2) is 18.2 Å². The largest absolute Gasteiger partial charge is 0.493 e. The molecule has 1 aliphatic carbocycles. The second-order valence-electron chi connectivity index (χ2n) is 7.36. The molecule has 156 valence electrons. The molecule has 1 amide bonds. The molecule has 1 aromatic rings. The Hall–Kier alpha value is -1.80. The van der Waals surface area contributed by atoms with Gasteiger partial charge in [0, 0.05) is 44.5 Å². The van der Waals surface area contributed by atoms with Gasteiger partial charge in [-0.2, -0.15) is 13.2 Å². The Kier molecular flexibility index (Phi) is 6.82. The number of benzene rings is 1. The third-order valence-electron chi connectivity index (χ3n) is 5.09. The van der Waals surface area contributed by atoms with Gasteiger partial charge in [-0.05, 0) is 44.4 Å². The normalized spacial score (nSPS) is 20.1. The Morgan fingerprint density at radius 2 is 2.04 bits per heavy atom. The van der Waals surface area contributed by atoms with E-state index in [1.54, 1.807) is 4.90 Å². The van der Waals surface area contributed by atoms with Crippen molar-refractivity contribution in [2.75, 3.05) is 38.3 Å². The van der Waals surface area contributed by atoms with Crippen LogP contribution in [0.1, 0.15) is 37.7 Å². The number of anilines is 1. The van der Waals surface area contributed by atoms with Crippen LogP contribution in [0.4, 0.5) is 18.9 Å². The second-order valence-corrected chi connectivity index (χ2v) is 7.36. The van der Waals surface area contributed by atoms with Crippen molar-refractivity contribution in [3.8, 4) is 5.75 Å². The molecule has 5 nitrogen and oxygen atoms in total. The molecule has 0 aromatic heterocycles. The van der Waals surface area contributed by atoms with E-state index in [0.717, 1.165) is 38.3 Å². The number of carbonyl (C=O) groups is 1. The number of piperidine rings is 1. The van der Waals surface area contributed by atoms with Gasteiger partial charge in [0.2, 0.25) is 5.91 Å². The number of methoxy groups -OCH3 is 1. The lowest BCUT2D eigenvalue weighted by molar-refractivity contribution is -0.139. The van der Waals surface area contributed by atoms with E-state index in [4.69, 9.17) is 9.47 Å². The minimum Gasteiger partial charge on any atom is -0.493 e. The average Bonchev–Trinajstić information content (AvgIpc) is 3.50. The molecule has 1 heterocycles. The Bertz CT molecular complexity index is 671. The minimum absolute atomic E-state index is 0.0141. The van der Waals surface area contributed by atoms with Gasteiger partial charge in [-0.1, -0.05) is 0 Å². The number of rotatable bonds is 8. The molecule has 2 aliphatic rings. The van der Waals surface area contributed by atoms with Crippen molar-refractivity contribution < 1.29 is 27.4 Å². The van der Waals surface area contributed by atoms with Crippen molar-refractivity contribution in [2.24, 2.45) is 5.92 Å². The van der Waals surface area contributed by atoms with Crippen LogP contribution in [-0.4, -0.2) is 45.4 Å². The monoisotopic (exact) mass is 400 g/mol. The molecule has 1 saturated carbocycles. The topological polar surface area (TPSA) is 50.8 Å². The van der Waals surface area contributed by atoms with Gasteiger partial charge in [-0.3, -0.25) is 4.79 Å². The maximum atomic E-state index is 13.4. The number of hydrogen-bond donors (Lipinski definition) is 1. The molecule has 1 N–H and O–H groups in total. The minimum atomic E-state index is -4.52. The molecule has 28 heavy (non-hydrogen) atoms. The first-order chi connectivity index (χ1) is 13.4. The van der Waals surface area contributed by atoms with Gasteiger partial charge in [-0.25, -0.2) is 0 Å². The van der Waals surface area contributed by atoms with Gasteiger partial charge >= 0.3 is 6.18 Å². The lowest BCUT2D eigenvalue weighted by atomic mass is 9.97. The van der Waals surface area contributed by atoms with Gasteiger partial charge in [0.1, 0.15) is 5.75 Å². The van der Waals surface area contributed by atoms with Crippen LogP contribution < -0.4 is 15.0 Å². The van der Waals surface area contributed by atoms with E-state index in [-0.39, 0.29) is 30.2 Å². The first-order valence-electron chi connectivity index (χ1n) is 9.78. The quantitative estimate of drug-likeness (QED) is 0.678. The van der Waals surface area contributed by atoms with Crippen LogP contribution >= 0.6 is 0 Å². The molecular weight excluding hydrogens is 373 g/mol. The summed E-state index contributed by atoms with van der Waals surface area (Å²) in [5, 5.41) is 3.23. The zero-order chi connectivity index (χ0) is 20.1. The summed E-state index contributed by atoms with van der Waals surface area (Å²) in [6.07, 6.45) is -0.562. The van der Waals surface area contributed by atoms with Gasteiger partial charge in [0.15, 0.2) is 0 Å². The maximum Gasteiger partial charge on any atom is 0.419 e. The summed E-state index contributed by atoms with van der Waals surface area (Å²) in [6, 6.07) is 3.83. The molecule has 8 heteroatoms. The van der Waals surface area contributed by atoms with Crippen LogP contribution in [0.3, 0.4) is 0 Å². The summed E-state index contributed by atoms with van der Waals surface area (Å²) in [6.45, 7) is 2.03. The van der Waals surface area contributed by atoms with Gasteiger partial charge in [0.25, 0.3) is 0 Å². The predicted octanol–water partition coefficient (Wildman–Crippen LogP) is 3.62. The van der Waals surface area contributed by atoms with Gasteiger partial charge in [-0.15, -0.1) is 0 Å². The molecule has 1 aliphatic heterocycles. The summed E-state index contributed by atoms with van der Waals surface area (Å²) < 4.78 is 50.5. The van der Waals surface area contributed by atoms with Crippen molar-refractivity contribution in [2.45, 2.75) is 44.3 Å². The summed E-state index contributed by atoms with van der Waals surface area (Å²) in [5.74, 6) is -0.385. The molecule has 0 bridgehead atoms. The summed E-state index contributed by atoms with van der Waals surface area (Å²) in [5.41, 5.74) is -0.344. The second kappa shape index (κ2) is 9.13. The van der Waals surface area contributed by atoms with E-state index in [9.17, 15) is 18.0 Å². The summed E-state index contributed by atoms with van der Waals surface area (Å²) in [7, 11) is 1.53. The molecule has 0 spiro atoms. The highest BCUT2D eigenvalue weighted by atomic mass is 19.4. The SMILES string of the molecule is COCCCOc1cc(N(C(=O)[C@@H]2CCCNC2)C2CC2)ccc1C(F)(F)F. The number of alkyl halides is 3. The highest BCUT2D eigenvalue weighted by molar-refractivity contribution is 5.96. The summed E-state index contributed by atoms with van der Waals surface area (Å²) >= 11 is 0. The Morgan fingerprint density at radius 3 is 2.64 bits per heavy atom. The van der Waals surface area contributed by atoms with E-state index in [1.807, 2.05) is 0 Å². The van der Waals surface area contributed by atoms with Crippen molar-refractivity contribution in [3.63, 3.8) is 0 Å². The third kappa shape index (κ3) is 5.17. The average molecular weight is 400 g/mol. The van der Waals surface area contributed by atoms with Crippen LogP contribution in [0.25, 0.3) is 0 Å². The maximum absolute atomic E-state index is 13.4. The highest BCUT2D eigenvalue weighted by Crippen LogP contribution is 2.41. The Morgan fingerprint density at radius 1 is 1.25 bits per heavy atom. The molecule has 2 fully saturated rings. The molecule has 1 saturated heterocycles. The molecular formula is C20H27F3N2O3. The van der Waals surface area contributed by atoms with Gasteiger partial charge < -0.3 is 19.7 Å². The number of nitrogens with zero attached hydrogens (tertiary/aromatic N) is 1. The first kappa shape index (κ1) is 20.9. The zero-order valence-corrected chi connectivity index (χ0v) is 16.1.